The molecule has 2 bridgehead atoms. The number of aliphatic hydroxyl groups is 1. The molecule has 0 spiro atoms. The van der Waals surface area contributed by atoms with E-state index in [1.807, 2.05) is 0 Å². The highest BCUT2D eigenvalue weighted by molar-refractivity contribution is 5.42. The summed E-state index contributed by atoms with van der Waals surface area (Å²) in [5.74, 6) is 0.603. The van der Waals surface area contributed by atoms with E-state index in [9.17, 15) is 5.11 Å². The average Bonchev–Trinajstić information content (AvgIpc) is 2.58. The van der Waals surface area contributed by atoms with E-state index in [0.717, 1.165) is 0 Å². The Labute approximate surface area is 112 Å². The van der Waals surface area contributed by atoms with Crippen molar-refractivity contribution in [1.82, 2.24) is 0 Å². The molecule has 18 heavy (non-hydrogen) atoms. The lowest BCUT2D eigenvalue weighted by atomic mass is 9.59. The van der Waals surface area contributed by atoms with Crippen LogP contribution in [0.1, 0.15) is 54.4 Å². The second-order valence-electron chi connectivity index (χ2n) is 8.00. The lowest BCUT2D eigenvalue weighted by molar-refractivity contribution is -0.00709. The first-order valence-electron chi connectivity index (χ1n) is 7.09. The molecule has 2 aliphatic rings. The SMILES string of the molecule is C=CC(O)(C1=C[C@H]2CC[C@]1(C)C2(C)C)C(C)(C)C. The van der Waals surface area contributed by atoms with Crippen molar-refractivity contribution in [3.8, 4) is 0 Å². The fraction of sp³-hybridized carbons (Fsp3) is 0.765. The lowest BCUT2D eigenvalue weighted by Crippen LogP contribution is -2.48. The van der Waals surface area contributed by atoms with Crippen LogP contribution in [-0.2, 0) is 0 Å². The molecular formula is C17H28O. The molecule has 3 atom stereocenters. The predicted octanol–water partition coefficient (Wildman–Crippen LogP) is 4.33. The summed E-state index contributed by atoms with van der Waals surface area (Å²) in [5, 5.41) is 11.2. The highest BCUT2D eigenvalue weighted by atomic mass is 16.3. The van der Waals surface area contributed by atoms with Crippen LogP contribution < -0.4 is 0 Å². The summed E-state index contributed by atoms with van der Waals surface area (Å²) in [6.07, 6.45) is 6.53. The fourth-order valence-corrected chi connectivity index (χ4v) is 4.06. The molecule has 0 aromatic heterocycles. The van der Waals surface area contributed by atoms with Gasteiger partial charge in [-0.05, 0) is 40.6 Å². The minimum absolute atomic E-state index is 0.105. The Hall–Kier alpha value is -0.560. The van der Waals surface area contributed by atoms with E-state index in [1.54, 1.807) is 6.08 Å². The minimum atomic E-state index is -0.895. The van der Waals surface area contributed by atoms with Crippen LogP contribution >= 0.6 is 0 Å². The summed E-state index contributed by atoms with van der Waals surface area (Å²) >= 11 is 0. The van der Waals surface area contributed by atoms with Gasteiger partial charge in [-0.15, -0.1) is 0 Å². The van der Waals surface area contributed by atoms with Crippen molar-refractivity contribution in [2.24, 2.45) is 22.2 Å². The Morgan fingerprint density at radius 1 is 1.33 bits per heavy atom. The molecule has 1 N–H and O–H groups in total. The van der Waals surface area contributed by atoms with Crippen LogP contribution in [0.2, 0.25) is 0 Å². The van der Waals surface area contributed by atoms with Crippen molar-refractivity contribution in [1.29, 1.82) is 0 Å². The van der Waals surface area contributed by atoms with Crippen molar-refractivity contribution in [3.05, 3.63) is 24.3 Å². The summed E-state index contributed by atoms with van der Waals surface area (Å²) in [5.41, 5.74) is 0.454. The molecule has 2 rings (SSSR count). The molecule has 0 aliphatic heterocycles. The highest BCUT2D eigenvalue weighted by Gasteiger charge is 2.62. The number of fused-ring (bicyclic) bond motifs is 2. The van der Waals surface area contributed by atoms with Gasteiger partial charge < -0.3 is 5.11 Å². The molecule has 1 heteroatoms. The van der Waals surface area contributed by atoms with Crippen molar-refractivity contribution in [2.45, 2.75) is 60.0 Å². The van der Waals surface area contributed by atoms with Crippen LogP contribution in [0.25, 0.3) is 0 Å². The van der Waals surface area contributed by atoms with Crippen LogP contribution in [0.4, 0.5) is 0 Å². The molecule has 0 aromatic rings. The maximum absolute atomic E-state index is 11.2. The Kier molecular flexibility index (Phi) is 2.70. The summed E-state index contributed by atoms with van der Waals surface area (Å²) < 4.78 is 0. The third-order valence-electron chi connectivity index (χ3n) is 6.12. The van der Waals surface area contributed by atoms with E-state index in [-0.39, 0.29) is 16.2 Å². The monoisotopic (exact) mass is 248 g/mol. The van der Waals surface area contributed by atoms with Gasteiger partial charge in [0.15, 0.2) is 0 Å². The summed E-state index contributed by atoms with van der Waals surface area (Å²) in [7, 11) is 0. The normalized spacial score (nSPS) is 37.3. The van der Waals surface area contributed by atoms with Crippen molar-refractivity contribution in [3.63, 3.8) is 0 Å². The van der Waals surface area contributed by atoms with E-state index in [1.165, 1.54) is 18.4 Å². The maximum atomic E-state index is 11.2. The standard InChI is InChI=1S/C17H28O/c1-8-17(18,14(2,3)4)13-11-12-9-10-16(13,7)15(12,5)6/h8,11-12,18H,1,9-10H2,2-7H3/t12-,16+,17?/m1/s1. The molecule has 1 saturated carbocycles. The zero-order valence-corrected chi connectivity index (χ0v) is 12.8. The molecule has 1 nitrogen and oxygen atoms in total. The molecule has 1 unspecified atom stereocenters. The molecular weight excluding hydrogens is 220 g/mol. The molecule has 0 aromatic carbocycles. The van der Waals surface area contributed by atoms with Crippen LogP contribution in [-0.4, -0.2) is 10.7 Å². The number of allylic oxidation sites excluding steroid dienone is 1. The van der Waals surface area contributed by atoms with Gasteiger partial charge in [-0.1, -0.05) is 60.3 Å². The Morgan fingerprint density at radius 3 is 2.17 bits per heavy atom. The third-order valence-corrected chi connectivity index (χ3v) is 6.12. The van der Waals surface area contributed by atoms with Gasteiger partial charge in [0, 0.05) is 0 Å². The first-order chi connectivity index (χ1) is 8.00. The van der Waals surface area contributed by atoms with E-state index < -0.39 is 5.60 Å². The van der Waals surface area contributed by atoms with Crippen LogP contribution in [0, 0.1) is 22.2 Å². The second-order valence-corrected chi connectivity index (χ2v) is 8.00. The van der Waals surface area contributed by atoms with Gasteiger partial charge in [-0.3, -0.25) is 0 Å². The van der Waals surface area contributed by atoms with Gasteiger partial charge in [-0.2, -0.15) is 0 Å². The van der Waals surface area contributed by atoms with E-state index >= 15 is 0 Å². The minimum Gasteiger partial charge on any atom is -0.381 e. The van der Waals surface area contributed by atoms with E-state index in [2.05, 4.69) is 54.2 Å². The van der Waals surface area contributed by atoms with Crippen LogP contribution in [0.15, 0.2) is 24.3 Å². The van der Waals surface area contributed by atoms with Gasteiger partial charge in [-0.25, -0.2) is 0 Å². The summed E-state index contributed by atoms with van der Waals surface area (Å²) in [4.78, 5) is 0. The van der Waals surface area contributed by atoms with Crippen molar-refractivity contribution < 1.29 is 5.11 Å². The molecule has 0 saturated heterocycles. The van der Waals surface area contributed by atoms with Gasteiger partial charge in [0.25, 0.3) is 0 Å². The molecule has 2 aliphatic carbocycles. The highest BCUT2D eigenvalue weighted by Crippen LogP contribution is 2.68. The number of rotatable bonds is 2. The van der Waals surface area contributed by atoms with Gasteiger partial charge in [0.05, 0.1) is 0 Å². The molecule has 102 valence electrons. The van der Waals surface area contributed by atoms with Crippen LogP contribution in [0.3, 0.4) is 0 Å². The Morgan fingerprint density at radius 2 is 1.89 bits per heavy atom. The molecule has 0 radical (unpaired) electrons. The first kappa shape index (κ1) is 13.9. The van der Waals surface area contributed by atoms with E-state index in [4.69, 9.17) is 0 Å². The van der Waals surface area contributed by atoms with Crippen LogP contribution in [0.5, 0.6) is 0 Å². The van der Waals surface area contributed by atoms with Gasteiger partial charge in [0.1, 0.15) is 5.60 Å². The predicted molar refractivity (Wildman–Crippen MR) is 77.3 cm³/mol. The van der Waals surface area contributed by atoms with Crippen molar-refractivity contribution >= 4 is 0 Å². The van der Waals surface area contributed by atoms with Gasteiger partial charge >= 0.3 is 0 Å². The van der Waals surface area contributed by atoms with Gasteiger partial charge in [0.2, 0.25) is 0 Å². The lowest BCUT2D eigenvalue weighted by Gasteiger charge is -2.48. The number of hydrogen-bond acceptors (Lipinski definition) is 1. The molecule has 0 heterocycles. The topological polar surface area (TPSA) is 20.2 Å². The summed E-state index contributed by atoms with van der Waals surface area (Å²) in [6.45, 7) is 17.2. The smallest absolute Gasteiger partial charge is 0.109 e. The van der Waals surface area contributed by atoms with Crippen molar-refractivity contribution in [2.75, 3.05) is 0 Å². The molecule has 1 fully saturated rings. The quantitative estimate of drug-likeness (QED) is 0.721. The molecule has 0 amide bonds. The zero-order valence-electron chi connectivity index (χ0n) is 12.8. The summed E-state index contributed by atoms with van der Waals surface area (Å²) in [6, 6.07) is 0. The Balaban J connectivity index is 2.55. The average molecular weight is 248 g/mol. The largest absolute Gasteiger partial charge is 0.381 e. The third kappa shape index (κ3) is 1.37. The first-order valence-corrected chi connectivity index (χ1v) is 7.09. The zero-order chi connectivity index (χ0) is 14.0. The van der Waals surface area contributed by atoms with E-state index in [0.29, 0.717) is 5.92 Å². The fourth-order valence-electron chi connectivity index (χ4n) is 4.06. The number of hydrogen-bond donors (Lipinski definition) is 1. The second kappa shape index (κ2) is 3.50. The Bertz CT molecular complexity index is 410. The maximum Gasteiger partial charge on any atom is 0.109 e.